The number of hydrogen-bond acceptors (Lipinski definition) is 5. The van der Waals surface area contributed by atoms with E-state index in [2.05, 4.69) is 22.8 Å². The van der Waals surface area contributed by atoms with Crippen molar-refractivity contribution in [1.82, 2.24) is 24.6 Å². The lowest BCUT2D eigenvalue weighted by molar-refractivity contribution is -0.0908. The van der Waals surface area contributed by atoms with E-state index in [4.69, 9.17) is 0 Å². The summed E-state index contributed by atoms with van der Waals surface area (Å²) in [6.45, 7) is 4.73. The Morgan fingerprint density at radius 3 is 2.48 bits per heavy atom. The van der Waals surface area contributed by atoms with Crippen LogP contribution in [0.1, 0.15) is 17.0 Å². The van der Waals surface area contributed by atoms with Gasteiger partial charge in [0, 0.05) is 38.1 Å². The normalized spacial score (nSPS) is 16.2. The molecule has 0 aliphatic carbocycles. The fraction of sp³-hybridized carbons (Fsp3) is 0.273. The number of allylic oxidation sites excluding steroid dienone is 3. The van der Waals surface area contributed by atoms with Crippen LogP contribution >= 0.6 is 0 Å². The van der Waals surface area contributed by atoms with Crippen LogP contribution in [0.3, 0.4) is 0 Å². The first kappa shape index (κ1) is 20.9. The molecule has 9 heteroatoms. The number of nitrogens with zero attached hydrogens (tertiary/aromatic N) is 6. The maximum absolute atomic E-state index is 13.5. The third kappa shape index (κ3) is 4.13. The molecule has 0 radical (unpaired) electrons. The Bertz CT molecular complexity index is 1110. The summed E-state index contributed by atoms with van der Waals surface area (Å²) < 4.78 is 42.4. The molecule has 0 saturated carbocycles. The number of halogens is 3. The SMILES string of the molecule is C=C1N2C=CC=C(C(F)(F)F)C2=CN1c1cc(Cc2nncn2C)cc(CN(C)C)c1. The number of aromatic nitrogens is 3. The minimum absolute atomic E-state index is 0.0628. The Kier molecular flexibility index (Phi) is 5.22. The molecule has 31 heavy (non-hydrogen) atoms. The Labute approximate surface area is 178 Å². The first-order chi connectivity index (χ1) is 14.6. The second-order valence-electron chi connectivity index (χ2n) is 7.87. The molecule has 0 amide bonds. The largest absolute Gasteiger partial charge is 0.418 e. The van der Waals surface area contributed by atoms with Gasteiger partial charge in [-0.15, -0.1) is 10.2 Å². The highest BCUT2D eigenvalue weighted by Crippen LogP contribution is 2.42. The molecule has 1 aromatic heterocycles. The van der Waals surface area contributed by atoms with Crippen LogP contribution in [0.4, 0.5) is 18.9 Å². The monoisotopic (exact) mass is 428 g/mol. The van der Waals surface area contributed by atoms with Gasteiger partial charge in [0.25, 0.3) is 0 Å². The molecule has 0 spiro atoms. The van der Waals surface area contributed by atoms with Crippen molar-refractivity contribution in [2.24, 2.45) is 7.05 Å². The van der Waals surface area contributed by atoms with Crippen molar-refractivity contribution in [2.45, 2.75) is 19.1 Å². The lowest BCUT2D eigenvalue weighted by atomic mass is 10.0. The minimum Gasteiger partial charge on any atom is -0.320 e. The van der Waals surface area contributed by atoms with Gasteiger partial charge in [-0.25, -0.2) is 0 Å². The van der Waals surface area contributed by atoms with Gasteiger partial charge in [0.05, 0.1) is 11.3 Å². The standard InChI is InChI=1S/C22H23F3N6/c1-15-30-7-5-6-19(22(23,24)25)20(30)13-31(15)18-9-16(8-17(10-18)12-28(2)3)11-21-27-26-14-29(21)4/h5-10,13-14H,1,11-12H2,2-4H3. The van der Waals surface area contributed by atoms with E-state index in [9.17, 15) is 13.2 Å². The molecule has 0 bridgehead atoms. The van der Waals surface area contributed by atoms with Crippen LogP contribution in [0.5, 0.6) is 0 Å². The van der Waals surface area contributed by atoms with E-state index < -0.39 is 11.7 Å². The minimum atomic E-state index is -4.45. The van der Waals surface area contributed by atoms with Crippen LogP contribution in [0.15, 0.2) is 72.7 Å². The number of rotatable bonds is 5. The van der Waals surface area contributed by atoms with Crippen LogP contribution in [0.2, 0.25) is 0 Å². The highest BCUT2D eigenvalue weighted by Gasteiger charge is 2.42. The first-order valence-electron chi connectivity index (χ1n) is 9.69. The third-order valence-electron chi connectivity index (χ3n) is 5.13. The number of aryl methyl sites for hydroxylation is 1. The average molecular weight is 428 g/mol. The summed E-state index contributed by atoms with van der Waals surface area (Å²) in [5, 5.41) is 8.07. The molecular weight excluding hydrogens is 405 g/mol. The molecule has 1 aromatic carbocycles. The Hall–Kier alpha value is -3.33. The summed E-state index contributed by atoms with van der Waals surface area (Å²) in [5.74, 6) is 1.24. The fourth-order valence-corrected chi connectivity index (χ4v) is 3.74. The van der Waals surface area contributed by atoms with Gasteiger partial charge in [-0.05, 0) is 49.5 Å². The quantitative estimate of drug-likeness (QED) is 0.722. The van der Waals surface area contributed by atoms with E-state index in [-0.39, 0.29) is 5.70 Å². The predicted octanol–water partition coefficient (Wildman–Crippen LogP) is 3.92. The van der Waals surface area contributed by atoms with Gasteiger partial charge >= 0.3 is 6.18 Å². The highest BCUT2D eigenvalue weighted by molar-refractivity contribution is 5.64. The second-order valence-corrected chi connectivity index (χ2v) is 7.87. The predicted molar refractivity (Wildman–Crippen MR) is 112 cm³/mol. The molecule has 6 nitrogen and oxygen atoms in total. The van der Waals surface area contributed by atoms with E-state index in [1.807, 2.05) is 42.7 Å². The molecule has 0 fully saturated rings. The van der Waals surface area contributed by atoms with Gasteiger partial charge in [-0.3, -0.25) is 0 Å². The van der Waals surface area contributed by atoms with E-state index in [1.54, 1.807) is 17.4 Å². The smallest absolute Gasteiger partial charge is 0.320 e. The maximum atomic E-state index is 13.5. The van der Waals surface area contributed by atoms with Crippen LogP contribution < -0.4 is 4.90 Å². The zero-order chi connectivity index (χ0) is 22.3. The zero-order valence-corrected chi connectivity index (χ0v) is 17.6. The molecule has 0 atom stereocenters. The number of benzene rings is 1. The van der Waals surface area contributed by atoms with E-state index in [0.717, 1.165) is 28.7 Å². The van der Waals surface area contributed by atoms with Gasteiger partial charge in [0.15, 0.2) is 0 Å². The maximum Gasteiger partial charge on any atom is 0.418 e. The summed E-state index contributed by atoms with van der Waals surface area (Å²) in [7, 11) is 5.82. The second kappa shape index (κ2) is 7.73. The van der Waals surface area contributed by atoms with Crippen molar-refractivity contribution in [3.05, 3.63) is 89.7 Å². The van der Waals surface area contributed by atoms with Crippen molar-refractivity contribution in [3.63, 3.8) is 0 Å². The summed E-state index contributed by atoms with van der Waals surface area (Å²) >= 11 is 0. The van der Waals surface area contributed by atoms with E-state index >= 15 is 0 Å². The van der Waals surface area contributed by atoms with Crippen LogP contribution in [0, 0.1) is 0 Å². The van der Waals surface area contributed by atoms with Crippen molar-refractivity contribution in [3.8, 4) is 0 Å². The summed E-state index contributed by atoms with van der Waals surface area (Å²) in [6, 6.07) is 6.01. The zero-order valence-electron chi connectivity index (χ0n) is 17.6. The molecule has 0 unspecified atom stereocenters. The van der Waals surface area contributed by atoms with E-state index in [0.29, 0.717) is 18.8 Å². The average Bonchev–Trinajstić information content (AvgIpc) is 3.23. The number of anilines is 1. The fourth-order valence-electron chi connectivity index (χ4n) is 3.74. The molecule has 0 saturated heterocycles. The van der Waals surface area contributed by atoms with Crippen LogP contribution in [-0.2, 0) is 20.0 Å². The molecule has 2 aromatic rings. The van der Waals surface area contributed by atoms with Gasteiger partial charge in [0.2, 0.25) is 0 Å². The van der Waals surface area contributed by atoms with Crippen LogP contribution in [0.25, 0.3) is 0 Å². The van der Waals surface area contributed by atoms with E-state index in [1.165, 1.54) is 17.2 Å². The van der Waals surface area contributed by atoms with Crippen molar-refractivity contribution >= 4 is 5.69 Å². The van der Waals surface area contributed by atoms with Crippen molar-refractivity contribution in [1.29, 1.82) is 0 Å². The lowest BCUT2D eigenvalue weighted by Gasteiger charge is -2.26. The van der Waals surface area contributed by atoms with Crippen LogP contribution in [-0.4, -0.2) is 44.8 Å². The molecule has 2 aliphatic heterocycles. The topological polar surface area (TPSA) is 40.4 Å². The Morgan fingerprint density at radius 1 is 1.10 bits per heavy atom. The van der Waals surface area contributed by atoms with Gasteiger partial charge in [-0.2, -0.15) is 13.2 Å². The lowest BCUT2D eigenvalue weighted by Crippen LogP contribution is -2.25. The first-order valence-corrected chi connectivity index (χ1v) is 9.69. The number of hydrogen-bond donors (Lipinski definition) is 0. The third-order valence-corrected chi connectivity index (χ3v) is 5.13. The van der Waals surface area contributed by atoms with Gasteiger partial charge in [0.1, 0.15) is 18.0 Å². The Morgan fingerprint density at radius 2 is 1.84 bits per heavy atom. The van der Waals surface area contributed by atoms with Gasteiger partial charge in [-0.1, -0.05) is 12.6 Å². The van der Waals surface area contributed by atoms with Crippen molar-refractivity contribution in [2.75, 3.05) is 19.0 Å². The molecular formula is C22H23F3N6. The molecule has 0 N–H and O–H groups in total. The van der Waals surface area contributed by atoms with Gasteiger partial charge < -0.3 is 19.3 Å². The molecule has 162 valence electrons. The molecule has 2 aliphatic rings. The summed E-state index contributed by atoms with van der Waals surface area (Å²) in [4.78, 5) is 5.20. The highest BCUT2D eigenvalue weighted by atomic mass is 19.4. The van der Waals surface area contributed by atoms with Crippen molar-refractivity contribution < 1.29 is 13.2 Å². The number of alkyl halides is 3. The Balaban J connectivity index is 1.74. The summed E-state index contributed by atoms with van der Waals surface area (Å²) in [5.41, 5.74) is 2.15. The summed E-state index contributed by atoms with van der Waals surface area (Å²) in [6.07, 6.45) is 3.30. The molecule has 3 heterocycles. The molecule has 4 rings (SSSR count). The number of fused-ring (bicyclic) bond motifs is 1.